The Morgan fingerprint density at radius 1 is 1.19 bits per heavy atom. The summed E-state index contributed by atoms with van der Waals surface area (Å²) < 4.78 is 7.35. The molecule has 146 valence electrons. The molecule has 0 amide bonds. The van der Waals surface area contributed by atoms with Crippen LogP contribution in [0.15, 0.2) is 35.6 Å². The van der Waals surface area contributed by atoms with Gasteiger partial charge in [-0.2, -0.15) is 0 Å². The van der Waals surface area contributed by atoms with Gasteiger partial charge in [0.1, 0.15) is 6.33 Å². The van der Waals surface area contributed by atoms with Gasteiger partial charge in [0.15, 0.2) is 11.8 Å². The van der Waals surface area contributed by atoms with E-state index >= 15 is 0 Å². The SMILES string of the molecule is CCNC(=NCc1ccccc1CN1CCOCC1)NCc1nncn1C. The lowest BCUT2D eigenvalue weighted by molar-refractivity contribution is 0.0341. The predicted octanol–water partition coefficient (Wildman–Crippen LogP) is 0.903. The van der Waals surface area contributed by atoms with E-state index in [1.54, 1.807) is 6.33 Å². The lowest BCUT2D eigenvalue weighted by Gasteiger charge is -2.27. The standard InChI is InChI=1S/C19H29N7O/c1-3-20-19(22-13-18-24-23-15-25(18)2)21-12-16-6-4-5-7-17(16)14-26-8-10-27-11-9-26/h4-7,15H,3,8-14H2,1-2H3,(H2,20,21,22). The van der Waals surface area contributed by atoms with Crippen LogP contribution in [0.1, 0.15) is 23.9 Å². The molecule has 1 fully saturated rings. The number of benzene rings is 1. The average Bonchev–Trinajstić information content (AvgIpc) is 3.11. The maximum Gasteiger partial charge on any atom is 0.191 e. The van der Waals surface area contributed by atoms with Crippen molar-refractivity contribution in [3.8, 4) is 0 Å². The molecule has 8 nitrogen and oxygen atoms in total. The molecule has 8 heteroatoms. The zero-order valence-corrected chi connectivity index (χ0v) is 16.2. The second-order valence-corrected chi connectivity index (χ2v) is 6.56. The van der Waals surface area contributed by atoms with Gasteiger partial charge in [-0.05, 0) is 18.1 Å². The number of hydrogen-bond acceptors (Lipinski definition) is 5. The van der Waals surface area contributed by atoms with E-state index in [1.807, 2.05) is 11.6 Å². The Labute approximate surface area is 160 Å². The third-order valence-corrected chi connectivity index (χ3v) is 4.59. The van der Waals surface area contributed by atoms with Gasteiger partial charge in [0.05, 0.1) is 26.3 Å². The second-order valence-electron chi connectivity index (χ2n) is 6.56. The van der Waals surface area contributed by atoms with Crippen LogP contribution >= 0.6 is 0 Å². The molecular weight excluding hydrogens is 342 g/mol. The summed E-state index contributed by atoms with van der Waals surface area (Å²) in [5, 5.41) is 14.6. The van der Waals surface area contributed by atoms with Gasteiger partial charge in [0.2, 0.25) is 0 Å². The maximum atomic E-state index is 5.45. The normalized spacial score (nSPS) is 15.7. The zero-order valence-electron chi connectivity index (χ0n) is 16.2. The van der Waals surface area contributed by atoms with E-state index < -0.39 is 0 Å². The highest BCUT2D eigenvalue weighted by Crippen LogP contribution is 2.14. The number of aromatic nitrogens is 3. The highest BCUT2D eigenvalue weighted by molar-refractivity contribution is 5.79. The van der Waals surface area contributed by atoms with E-state index in [0.29, 0.717) is 13.1 Å². The van der Waals surface area contributed by atoms with Crippen LogP contribution in [0.5, 0.6) is 0 Å². The Morgan fingerprint density at radius 3 is 2.67 bits per heavy atom. The number of hydrogen-bond donors (Lipinski definition) is 2. The summed E-state index contributed by atoms with van der Waals surface area (Å²) >= 11 is 0. The number of rotatable bonds is 7. The van der Waals surface area contributed by atoms with Crippen LogP contribution in [0.4, 0.5) is 0 Å². The van der Waals surface area contributed by atoms with Gasteiger partial charge in [-0.25, -0.2) is 4.99 Å². The molecule has 3 rings (SSSR count). The van der Waals surface area contributed by atoms with Crippen molar-refractivity contribution in [3.63, 3.8) is 0 Å². The van der Waals surface area contributed by atoms with Gasteiger partial charge in [-0.15, -0.1) is 10.2 Å². The van der Waals surface area contributed by atoms with E-state index in [0.717, 1.165) is 51.2 Å². The number of nitrogens with zero attached hydrogens (tertiary/aromatic N) is 5. The molecule has 1 aromatic carbocycles. The molecule has 0 bridgehead atoms. The van der Waals surface area contributed by atoms with Gasteiger partial charge in [0.25, 0.3) is 0 Å². The highest BCUT2D eigenvalue weighted by atomic mass is 16.5. The fourth-order valence-electron chi connectivity index (χ4n) is 3.00. The third-order valence-electron chi connectivity index (χ3n) is 4.59. The molecule has 1 saturated heterocycles. The Hall–Kier alpha value is -2.45. The van der Waals surface area contributed by atoms with Crippen LogP contribution in [0, 0.1) is 0 Å². The highest BCUT2D eigenvalue weighted by Gasteiger charge is 2.12. The van der Waals surface area contributed by atoms with Crippen molar-refractivity contribution in [2.75, 3.05) is 32.8 Å². The molecule has 0 saturated carbocycles. The van der Waals surface area contributed by atoms with E-state index in [-0.39, 0.29) is 0 Å². The van der Waals surface area contributed by atoms with Crippen LogP contribution in [0.25, 0.3) is 0 Å². The lowest BCUT2D eigenvalue weighted by atomic mass is 10.1. The second kappa shape index (κ2) is 10.0. The van der Waals surface area contributed by atoms with E-state index in [9.17, 15) is 0 Å². The summed E-state index contributed by atoms with van der Waals surface area (Å²) in [5.41, 5.74) is 2.58. The Balaban J connectivity index is 1.63. The molecule has 0 radical (unpaired) electrons. The number of aliphatic imine (C=N–C) groups is 1. The minimum absolute atomic E-state index is 0.581. The zero-order chi connectivity index (χ0) is 18.9. The summed E-state index contributed by atoms with van der Waals surface area (Å²) in [7, 11) is 1.93. The third kappa shape index (κ3) is 5.77. The van der Waals surface area contributed by atoms with E-state index in [4.69, 9.17) is 9.73 Å². The molecule has 0 spiro atoms. The average molecular weight is 371 g/mol. The predicted molar refractivity (Wildman–Crippen MR) is 105 cm³/mol. The molecule has 0 atom stereocenters. The number of ether oxygens (including phenoxy) is 1. The molecule has 0 aliphatic carbocycles. The number of guanidine groups is 1. The number of nitrogens with one attached hydrogen (secondary N) is 2. The summed E-state index contributed by atoms with van der Waals surface area (Å²) in [4.78, 5) is 7.19. The monoisotopic (exact) mass is 371 g/mol. The van der Waals surface area contributed by atoms with Crippen LogP contribution in [0.2, 0.25) is 0 Å². The molecule has 2 aromatic rings. The van der Waals surface area contributed by atoms with Crippen molar-refractivity contribution in [2.45, 2.75) is 26.6 Å². The van der Waals surface area contributed by atoms with Crippen molar-refractivity contribution < 1.29 is 4.74 Å². The van der Waals surface area contributed by atoms with Gasteiger partial charge in [0, 0.05) is 33.2 Å². The van der Waals surface area contributed by atoms with Gasteiger partial charge in [-0.3, -0.25) is 4.90 Å². The van der Waals surface area contributed by atoms with Crippen LogP contribution in [0.3, 0.4) is 0 Å². The van der Waals surface area contributed by atoms with Gasteiger partial charge < -0.3 is 19.9 Å². The van der Waals surface area contributed by atoms with Crippen molar-refractivity contribution in [2.24, 2.45) is 12.0 Å². The van der Waals surface area contributed by atoms with Crippen LogP contribution < -0.4 is 10.6 Å². The molecular formula is C19H29N7O. The minimum atomic E-state index is 0.581. The molecule has 1 aromatic heterocycles. The van der Waals surface area contributed by atoms with E-state index in [2.05, 4.69) is 56.9 Å². The van der Waals surface area contributed by atoms with Crippen molar-refractivity contribution in [3.05, 3.63) is 47.5 Å². The summed E-state index contributed by atoms with van der Waals surface area (Å²) in [5.74, 6) is 1.65. The minimum Gasteiger partial charge on any atom is -0.379 e. The first-order valence-electron chi connectivity index (χ1n) is 9.48. The number of aryl methyl sites for hydroxylation is 1. The first kappa shape index (κ1) is 19.3. The lowest BCUT2D eigenvalue weighted by Crippen LogP contribution is -2.37. The van der Waals surface area contributed by atoms with Crippen LogP contribution in [-0.4, -0.2) is 58.5 Å². The Bertz CT molecular complexity index is 737. The topological polar surface area (TPSA) is 79.6 Å². The van der Waals surface area contributed by atoms with E-state index in [1.165, 1.54) is 11.1 Å². The summed E-state index contributed by atoms with van der Waals surface area (Å²) in [6.45, 7) is 8.63. The summed E-state index contributed by atoms with van der Waals surface area (Å²) in [6.07, 6.45) is 1.70. The maximum absolute atomic E-state index is 5.45. The Kier molecular flexibility index (Phi) is 7.18. The van der Waals surface area contributed by atoms with Crippen LogP contribution in [-0.2, 0) is 31.4 Å². The first-order valence-corrected chi connectivity index (χ1v) is 9.48. The number of morpholine rings is 1. The Morgan fingerprint density at radius 2 is 1.96 bits per heavy atom. The summed E-state index contributed by atoms with van der Waals surface area (Å²) in [6, 6.07) is 8.53. The van der Waals surface area contributed by atoms with Crippen molar-refractivity contribution in [1.82, 2.24) is 30.3 Å². The fourth-order valence-corrected chi connectivity index (χ4v) is 3.00. The van der Waals surface area contributed by atoms with Gasteiger partial charge >= 0.3 is 0 Å². The quantitative estimate of drug-likeness (QED) is 0.556. The first-order chi connectivity index (χ1) is 13.3. The molecule has 2 heterocycles. The van der Waals surface area contributed by atoms with Gasteiger partial charge in [-0.1, -0.05) is 24.3 Å². The molecule has 1 aliphatic rings. The largest absolute Gasteiger partial charge is 0.379 e. The molecule has 0 unspecified atom stereocenters. The fraction of sp³-hybridized carbons (Fsp3) is 0.526. The van der Waals surface area contributed by atoms with Crippen molar-refractivity contribution in [1.29, 1.82) is 0 Å². The smallest absolute Gasteiger partial charge is 0.191 e. The van der Waals surface area contributed by atoms with Crippen molar-refractivity contribution >= 4 is 5.96 Å². The molecule has 27 heavy (non-hydrogen) atoms. The molecule has 2 N–H and O–H groups in total. The molecule has 1 aliphatic heterocycles.